The minimum absolute atomic E-state index is 0.0814. The van der Waals surface area contributed by atoms with Crippen molar-refractivity contribution in [1.29, 1.82) is 0 Å². The van der Waals surface area contributed by atoms with E-state index in [4.69, 9.17) is 15.9 Å². The van der Waals surface area contributed by atoms with Gasteiger partial charge in [0.1, 0.15) is 11.6 Å². The third kappa shape index (κ3) is 9.21. The highest BCUT2D eigenvalue weighted by atomic mass is 16.6. The molecule has 9 heteroatoms. The molecular weight excluding hydrogens is 462 g/mol. The molecule has 0 bridgehead atoms. The molecule has 2 rings (SSSR count). The van der Waals surface area contributed by atoms with Gasteiger partial charge in [-0.2, -0.15) is 0 Å². The largest absolute Gasteiger partial charge is 0.466 e. The van der Waals surface area contributed by atoms with Crippen LogP contribution >= 0.6 is 0 Å². The van der Waals surface area contributed by atoms with Crippen molar-refractivity contribution in [3.8, 4) is 12.3 Å². The van der Waals surface area contributed by atoms with Crippen molar-refractivity contribution in [1.82, 2.24) is 15.1 Å². The van der Waals surface area contributed by atoms with E-state index in [9.17, 15) is 19.2 Å². The van der Waals surface area contributed by atoms with Crippen LogP contribution in [-0.2, 0) is 23.9 Å². The van der Waals surface area contributed by atoms with E-state index in [1.807, 2.05) is 26.8 Å². The van der Waals surface area contributed by atoms with Gasteiger partial charge in [0, 0.05) is 31.8 Å². The van der Waals surface area contributed by atoms with Crippen LogP contribution in [0.4, 0.5) is 4.79 Å². The zero-order valence-corrected chi connectivity index (χ0v) is 22.3. The number of amides is 3. The van der Waals surface area contributed by atoms with Gasteiger partial charge in [-0.25, -0.2) is 4.79 Å². The second-order valence-electron chi connectivity index (χ2n) is 10.5. The molecule has 2 atom stereocenters. The Morgan fingerprint density at radius 2 is 1.78 bits per heavy atom. The van der Waals surface area contributed by atoms with Crippen LogP contribution in [0.2, 0.25) is 0 Å². The maximum Gasteiger partial charge on any atom is 0.410 e. The van der Waals surface area contributed by atoms with Gasteiger partial charge in [-0.3, -0.25) is 14.4 Å². The number of nitrogens with one attached hydrogen (secondary N) is 1. The lowest BCUT2D eigenvalue weighted by atomic mass is 9.93. The zero-order valence-electron chi connectivity index (χ0n) is 22.3. The first kappa shape index (κ1) is 29.2. The molecule has 1 N–H and O–H groups in total. The Bertz CT molecular complexity index is 877. The number of carbonyl (C=O) groups is 4. The fraction of sp³-hybridized carbons (Fsp3) is 0.704. The van der Waals surface area contributed by atoms with E-state index in [2.05, 4.69) is 11.2 Å². The second-order valence-corrected chi connectivity index (χ2v) is 10.5. The molecule has 36 heavy (non-hydrogen) atoms. The Morgan fingerprint density at radius 3 is 2.36 bits per heavy atom. The molecule has 2 heterocycles. The number of hydrogen-bond donors (Lipinski definition) is 1. The van der Waals surface area contributed by atoms with Crippen molar-refractivity contribution in [3.05, 3.63) is 11.6 Å². The summed E-state index contributed by atoms with van der Waals surface area (Å²) in [5.74, 6) is 1.45. The first-order valence-corrected chi connectivity index (χ1v) is 12.8. The first-order chi connectivity index (χ1) is 16.9. The summed E-state index contributed by atoms with van der Waals surface area (Å²) in [5, 5.41) is 2.74. The van der Waals surface area contributed by atoms with Crippen LogP contribution in [0, 0.1) is 24.2 Å². The first-order valence-electron chi connectivity index (χ1n) is 12.8. The highest BCUT2D eigenvalue weighted by Crippen LogP contribution is 2.24. The molecule has 2 aliphatic rings. The van der Waals surface area contributed by atoms with Gasteiger partial charge in [0.15, 0.2) is 0 Å². The molecule has 0 aliphatic carbocycles. The molecule has 0 aromatic carbocycles. The van der Waals surface area contributed by atoms with Crippen molar-refractivity contribution in [2.45, 2.75) is 78.4 Å². The molecule has 3 amide bonds. The van der Waals surface area contributed by atoms with Gasteiger partial charge in [-0.05, 0) is 66.2 Å². The van der Waals surface area contributed by atoms with Crippen LogP contribution in [0.1, 0.15) is 66.7 Å². The summed E-state index contributed by atoms with van der Waals surface area (Å²) in [7, 11) is 0. The Morgan fingerprint density at radius 1 is 1.11 bits per heavy atom. The summed E-state index contributed by atoms with van der Waals surface area (Å²) >= 11 is 0. The number of allylic oxidation sites excluding steroid dienone is 1. The number of carbonyl (C=O) groups excluding carboxylic acids is 4. The van der Waals surface area contributed by atoms with E-state index in [0.717, 1.165) is 12.8 Å². The fourth-order valence-corrected chi connectivity index (χ4v) is 4.45. The molecule has 200 valence electrons. The van der Waals surface area contributed by atoms with Crippen LogP contribution in [0.15, 0.2) is 11.6 Å². The lowest BCUT2D eigenvalue weighted by molar-refractivity contribution is -0.143. The van der Waals surface area contributed by atoms with E-state index in [1.54, 1.807) is 23.6 Å². The highest BCUT2D eigenvalue weighted by molar-refractivity contribution is 5.93. The maximum absolute atomic E-state index is 13.1. The number of rotatable bonds is 7. The van der Waals surface area contributed by atoms with Crippen LogP contribution in [0.25, 0.3) is 0 Å². The minimum atomic E-state index is -0.740. The Labute approximate surface area is 214 Å². The standard InChI is InChI=1S/C27H41N3O6/c1-7-22(17-23(31)35-8-2)28-24(32)21-10-9-13-30(18-21)25(33)19(3)16-20-11-14-29(15-12-20)26(34)36-27(4,5)6/h1,16,20-22H,8-15,17-18H2,2-6H3,(H,28,32)/b19-16+/t21-,22?/m1/s1. The number of nitrogens with zero attached hydrogens (tertiary/aromatic N) is 2. The number of terminal acetylenes is 1. The average molecular weight is 504 g/mol. The van der Waals surface area contributed by atoms with E-state index < -0.39 is 17.6 Å². The van der Waals surface area contributed by atoms with Crippen LogP contribution in [0.3, 0.4) is 0 Å². The van der Waals surface area contributed by atoms with Crippen molar-refractivity contribution >= 4 is 23.9 Å². The number of likely N-dealkylation sites (tertiary alicyclic amines) is 2. The summed E-state index contributed by atoms with van der Waals surface area (Å²) < 4.78 is 10.4. The number of ether oxygens (including phenoxy) is 2. The Kier molecular flexibility index (Phi) is 10.8. The van der Waals surface area contributed by atoms with Gasteiger partial charge in [-0.15, -0.1) is 6.42 Å². The molecule has 2 aliphatic heterocycles. The van der Waals surface area contributed by atoms with Crippen molar-refractivity contribution in [2.75, 3.05) is 32.8 Å². The molecule has 0 aromatic heterocycles. The molecule has 1 unspecified atom stereocenters. The van der Waals surface area contributed by atoms with Gasteiger partial charge in [0.05, 0.1) is 18.9 Å². The number of hydrogen-bond acceptors (Lipinski definition) is 6. The molecule has 0 aromatic rings. The summed E-state index contributed by atoms with van der Waals surface area (Å²) in [6, 6.07) is -0.740. The van der Waals surface area contributed by atoms with E-state index in [0.29, 0.717) is 44.6 Å². The fourth-order valence-electron chi connectivity index (χ4n) is 4.45. The van der Waals surface area contributed by atoms with Gasteiger partial charge < -0.3 is 24.6 Å². The predicted octanol–water partition coefficient (Wildman–Crippen LogP) is 2.89. The molecule has 2 fully saturated rings. The lowest BCUT2D eigenvalue weighted by Gasteiger charge is -2.34. The zero-order chi connectivity index (χ0) is 26.9. The second kappa shape index (κ2) is 13.3. The summed E-state index contributed by atoms with van der Waals surface area (Å²) in [4.78, 5) is 53.3. The number of esters is 1. The minimum Gasteiger partial charge on any atom is -0.466 e. The third-order valence-electron chi connectivity index (χ3n) is 6.29. The molecular formula is C27H41N3O6. The Balaban J connectivity index is 1.88. The molecule has 0 radical (unpaired) electrons. The smallest absolute Gasteiger partial charge is 0.410 e. The average Bonchev–Trinajstić information content (AvgIpc) is 2.82. The van der Waals surface area contributed by atoms with Gasteiger partial charge in [-0.1, -0.05) is 12.0 Å². The third-order valence-corrected chi connectivity index (χ3v) is 6.29. The molecule has 2 saturated heterocycles. The van der Waals surface area contributed by atoms with E-state index >= 15 is 0 Å². The summed E-state index contributed by atoms with van der Waals surface area (Å²) in [6.45, 7) is 11.4. The van der Waals surface area contributed by atoms with Crippen LogP contribution in [-0.4, -0.2) is 78.1 Å². The highest BCUT2D eigenvalue weighted by Gasteiger charge is 2.31. The van der Waals surface area contributed by atoms with Gasteiger partial charge in [0.2, 0.25) is 11.8 Å². The summed E-state index contributed by atoms with van der Waals surface area (Å²) in [5.41, 5.74) is 0.124. The maximum atomic E-state index is 13.1. The normalized spacial score (nSPS) is 20.2. The van der Waals surface area contributed by atoms with Crippen molar-refractivity contribution in [3.63, 3.8) is 0 Å². The van der Waals surface area contributed by atoms with E-state index in [-0.39, 0.29) is 42.8 Å². The number of piperidine rings is 2. The topological polar surface area (TPSA) is 105 Å². The predicted molar refractivity (Wildman–Crippen MR) is 136 cm³/mol. The quantitative estimate of drug-likeness (QED) is 0.325. The SMILES string of the molecule is C#CC(CC(=O)OCC)NC(=O)[C@@H]1CCCN(C(=O)/C(C)=C/C2CCN(C(=O)OC(C)(C)C)CC2)C1. The van der Waals surface area contributed by atoms with Crippen molar-refractivity contribution in [2.24, 2.45) is 11.8 Å². The van der Waals surface area contributed by atoms with Gasteiger partial charge in [0.25, 0.3) is 0 Å². The molecule has 0 saturated carbocycles. The lowest BCUT2D eigenvalue weighted by Crippen LogP contribution is -2.48. The Hall–Kier alpha value is -3.02. The summed E-state index contributed by atoms with van der Waals surface area (Å²) in [6.07, 6.45) is 9.98. The van der Waals surface area contributed by atoms with Crippen LogP contribution in [0.5, 0.6) is 0 Å². The molecule has 0 spiro atoms. The van der Waals surface area contributed by atoms with Gasteiger partial charge >= 0.3 is 12.1 Å². The monoisotopic (exact) mass is 503 g/mol. The van der Waals surface area contributed by atoms with Crippen LogP contribution < -0.4 is 5.32 Å². The molecule has 9 nitrogen and oxygen atoms in total. The van der Waals surface area contributed by atoms with E-state index in [1.165, 1.54) is 0 Å². The van der Waals surface area contributed by atoms with Crippen molar-refractivity contribution < 1.29 is 28.7 Å².